The quantitative estimate of drug-likeness (QED) is 0.0490. The summed E-state index contributed by atoms with van der Waals surface area (Å²) in [5.41, 5.74) is 0.180. The van der Waals surface area contributed by atoms with Gasteiger partial charge in [-0.15, -0.1) is 0 Å². The van der Waals surface area contributed by atoms with Crippen LogP contribution in [0.4, 0.5) is 0 Å². The number of esters is 2. The molecule has 0 spiro atoms. The van der Waals surface area contributed by atoms with Crippen molar-refractivity contribution in [3.63, 3.8) is 0 Å². The molecule has 0 unspecified atom stereocenters. The molecule has 0 radical (unpaired) electrons. The van der Waals surface area contributed by atoms with Gasteiger partial charge in [0.2, 0.25) is 0 Å². The molecular weight excluding hydrogens is 683 g/mol. The van der Waals surface area contributed by atoms with Gasteiger partial charge in [0.1, 0.15) is 0 Å². The van der Waals surface area contributed by atoms with Gasteiger partial charge in [0.15, 0.2) is 0 Å². The van der Waals surface area contributed by atoms with Crippen LogP contribution < -0.4 is 0 Å². The minimum Gasteiger partial charge on any atom is -0.466 e. The van der Waals surface area contributed by atoms with E-state index in [1.807, 2.05) is 0 Å². The Morgan fingerprint density at radius 2 is 0.891 bits per heavy atom. The van der Waals surface area contributed by atoms with Crippen molar-refractivity contribution in [3.05, 3.63) is 0 Å². The highest BCUT2D eigenvalue weighted by Crippen LogP contribution is 2.28. The maximum Gasteiger partial charge on any atom is 0.305 e. The van der Waals surface area contributed by atoms with Gasteiger partial charge in [-0.05, 0) is 75.8 Å². The fourth-order valence-corrected chi connectivity index (χ4v) is 7.79. The summed E-state index contributed by atoms with van der Waals surface area (Å²) >= 11 is 0. The predicted octanol–water partition coefficient (Wildman–Crippen LogP) is 14.3. The van der Waals surface area contributed by atoms with Gasteiger partial charge in [-0.25, -0.2) is 0 Å². The first-order valence-electron chi connectivity index (χ1n) is 24.4. The Bertz CT molecular complexity index is 799. The molecule has 0 aliphatic carbocycles. The number of hydrogen-bond donors (Lipinski definition) is 1. The molecule has 0 aromatic heterocycles. The fraction of sp³-hybridized carbons (Fsp3) is 0.959. The molecule has 0 bridgehead atoms. The van der Waals surface area contributed by atoms with E-state index >= 15 is 0 Å². The van der Waals surface area contributed by atoms with Crippen LogP contribution in [0.5, 0.6) is 0 Å². The third-order valence-electron chi connectivity index (χ3n) is 11.8. The molecular formula is C49H97NO5. The highest BCUT2D eigenvalue weighted by molar-refractivity contribution is 5.69. The van der Waals surface area contributed by atoms with Crippen LogP contribution in [0.15, 0.2) is 0 Å². The first-order chi connectivity index (χ1) is 26.8. The molecule has 0 aliphatic heterocycles. The topological polar surface area (TPSA) is 76.1 Å². The molecule has 55 heavy (non-hydrogen) atoms. The van der Waals surface area contributed by atoms with Crippen LogP contribution in [0.2, 0.25) is 0 Å². The largest absolute Gasteiger partial charge is 0.466 e. The summed E-state index contributed by atoms with van der Waals surface area (Å²) < 4.78 is 11.4. The molecule has 0 aromatic carbocycles. The Hall–Kier alpha value is -1.14. The molecule has 0 heterocycles. The monoisotopic (exact) mass is 780 g/mol. The number of carbonyl (C=O) groups excluding carboxylic acids is 2. The third-order valence-corrected chi connectivity index (χ3v) is 11.8. The van der Waals surface area contributed by atoms with Gasteiger partial charge in [0.05, 0.1) is 19.8 Å². The van der Waals surface area contributed by atoms with Crippen LogP contribution in [-0.2, 0) is 19.1 Å². The number of rotatable bonds is 44. The molecule has 6 nitrogen and oxygen atoms in total. The SMILES string of the molecule is CCCCCCCCCC(=O)OCCC(C)(C)CCCCCN(CCO)CCCCCCC(=O)OCC(CCCCCCCCC)CCCCCCCCC. The molecule has 0 saturated heterocycles. The van der Waals surface area contributed by atoms with E-state index in [0.29, 0.717) is 32.0 Å². The number of aliphatic hydroxyl groups excluding tert-OH is 1. The third kappa shape index (κ3) is 39.5. The van der Waals surface area contributed by atoms with E-state index in [9.17, 15) is 14.7 Å². The van der Waals surface area contributed by atoms with Crippen molar-refractivity contribution in [2.75, 3.05) is 39.5 Å². The van der Waals surface area contributed by atoms with Crippen molar-refractivity contribution in [2.24, 2.45) is 11.3 Å². The maximum atomic E-state index is 12.6. The van der Waals surface area contributed by atoms with Crippen LogP contribution in [0, 0.1) is 11.3 Å². The van der Waals surface area contributed by atoms with Crippen molar-refractivity contribution in [1.82, 2.24) is 4.90 Å². The Morgan fingerprint density at radius 1 is 0.491 bits per heavy atom. The highest BCUT2D eigenvalue weighted by atomic mass is 16.5. The number of carbonyl (C=O) groups is 2. The normalized spacial score (nSPS) is 11.9. The van der Waals surface area contributed by atoms with E-state index in [2.05, 4.69) is 39.5 Å². The molecule has 0 rings (SSSR count). The van der Waals surface area contributed by atoms with Gasteiger partial charge >= 0.3 is 11.9 Å². The minimum absolute atomic E-state index is 0.00552. The second-order valence-electron chi connectivity index (χ2n) is 17.9. The van der Waals surface area contributed by atoms with E-state index < -0.39 is 0 Å². The average Bonchev–Trinajstić information content (AvgIpc) is 3.16. The van der Waals surface area contributed by atoms with E-state index in [1.54, 1.807) is 0 Å². The Balaban J connectivity index is 4.13. The standard InChI is InChI=1S/C49H97NO5/c1-6-9-12-15-18-21-27-34-46(35-28-22-19-16-13-10-7-2)45-55-48(53)37-30-24-25-32-40-50(42-43-51)41-33-26-31-38-49(4,5)39-44-54-47(52)36-29-23-20-17-14-11-8-3/h46,51H,6-45H2,1-5H3. The van der Waals surface area contributed by atoms with Gasteiger partial charge in [-0.1, -0.05) is 189 Å². The fourth-order valence-electron chi connectivity index (χ4n) is 7.79. The lowest BCUT2D eigenvalue weighted by molar-refractivity contribution is -0.146. The number of nitrogens with zero attached hydrogens (tertiary/aromatic N) is 1. The number of hydrogen-bond acceptors (Lipinski definition) is 6. The molecule has 328 valence electrons. The van der Waals surface area contributed by atoms with Crippen LogP contribution in [0.25, 0.3) is 0 Å². The first kappa shape index (κ1) is 53.9. The van der Waals surface area contributed by atoms with Crippen molar-refractivity contribution in [1.29, 1.82) is 0 Å². The summed E-state index contributed by atoms with van der Waals surface area (Å²) in [5.74, 6) is 0.492. The lowest BCUT2D eigenvalue weighted by Gasteiger charge is -2.25. The zero-order valence-electron chi connectivity index (χ0n) is 37.9. The Labute approximate surface area is 343 Å². The summed E-state index contributed by atoms with van der Waals surface area (Å²) in [6.45, 7) is 15.5. The molecule has 0 saturated carbocycles. The summed E-state index contributed by atoms with van der Waals surface area (Å²) in [6, 6.07) is 0. The second-order valence-corrected chi connectivity index (χ2v) is 17.9. The summed E-state index contributed by atoms with van der Waals surface area (Å²) in [7, 11) is 0. The summed E-state index contributed by atoms with van der Waals surface area (Å²) in [6.07, 6.45) is 40.5. The van der Waals surface area contributed by atoms with Gasteiger partial charge in [0, 0.05) is 19.4 Å². The van der Waals surface area contributed by atoms with E-state index in [1.165, 1.54) is 148 Å². The summed E-state index contributed by atoms with van der Waals surface area (Å²) in [5, 5.41) is 9.63. The second kappa shape index (κ2) is 41.0. The zero-order valence-corrected chi connectivity index (χ0v) is 37.9. The van der Waals surface area contributed by atoms with Gasteiger partial charge in [0.25, 0.3) is 0 Å². The van der Waals surface area contributed by atoms with E-state index in [0.717, 1.165) is 77.4 Å². The van der Waals surface area contributed by atoms with Crippen molar-refractivity contribution in [3.8, 4) is 0 Å². The smallest absolute Gasteiger partial charge is 0.305 e. The Morgan fingerprint density at radius 3 is 1.36 bits per heavy atom. The molecule has 6 heteroatoms. The number of unbranched alkanes of at least 4 members (excludes halogenated alkanes) is 23. The van der Waals surface area contributed by atoms with Crippen molar-refractivity contribution in [2.45, 2.75) is 253 Å². The van der Waals surface area contributed by atoms with Crippen LogP contribution >= 0.6 is 0 Å². The van der Waals surface area contributed by atoms with Gasteiger partial charge in [-0.2, -0.15) is 0 Å². The molecule has 0 aromatic rings. The first-order valence-corrected chi connectivity index (χ1v) is 24.4. The lowest BCUT2D eigenvalue weighted by Crippen LogP contribution is -2.29. The molecule has 0 amide bonds. The summed E-state index contributed by atoms with van der Waals surface area (Å²) in [4.78, 5) is 27.2. The molecule has 0 atom stereocenters. The van der Waals surface area contributed by atoms with E-state index in [4.69, 9.17) is 9.47 Å². The average molecular weight is 780 g/mol. The van der Waals surface area contributed by atoms with Gasteiger partial charge < -0.3 is 19.5 Å². The van der Waals surface area contributed by atoms with E-state index in [-0.39, 0.29) is 24.0 Å². The van der Waals surface area contributed by atoms with Crippen LogP contribution in [0.3, 0.4) is 0 Å². The van der Waals surface area contributed by atoms with Gasteiger partial charge in [-0.3, -0.25) is 9.59 Å². The van der Waals surface area contributed by atoms with Crippen molar-refractivity contribution < 1.29 is 24.2 Å². The number of ether oxygens (including phenoxy) is 2. The molecule has 0 fully saturated rings. The van der Waals surface area contributed by atoms with Crippen molar-refractivity contribution >= 4 is 11.9 Å². The lowest BCUT2D eigenvalue weighted by atomic mass is 9.84. The van der Waals surface area contributed by atoms with Crippen LogP contribution in [-0.4, -0.2) is 61.4 Å². The zero-order chi connectivity index (χ0) is 40.5. The Kier molecular flexibility index (Phi) is 40.2. The molecule has 1 N–H and O–H groups in total. The molecule has 0 aliphatic rings. The predicted molar refractivity (Wildman–Crippen MR) is 237 cm³/mol. The minimum atomic E-state index is -0.0299. The number of aliphatic hydroxyl groups is 1. The van der Waals surface area contributed by atoms with Crippen LogP contribution in [0.1, 0.15) is 253 Å². The highest BCUT2D eigenvalue weighted by Gasteiger charge is 2.18. The maximum absolute atomic E-state index is 12.6.